The van der Waals surface area contributed by atoms with Crippen molar-refractivity contribution >= 4 is 32.3 Å². The molecule has 0 radical (unpaired) electrons. The molecule has 7 nitrogen and oxygen atoms in total. The van der Waals surface area contributed by atoms with Crippen LogP contribution in [0.5, 0.6) is 0 Å². The van der Waals surface area contributed by atoms with Crippen molar-refractivity contribution in [3.8, 4) is 11.4 Å². The lowest BCUT2D eigenvalue weighted by Crippen LogP contribution is -2.44. The van der Waals surface area contributed by atoms with Crippen molar-refractivity contribution in [2.24, 2.45) is 4.36 Å². The van der Waals surface area contributed by atoms with Crippen LogP contribution in [0.1, 0.15) is 6.92 Å². The van der Waals surface area contributed by atoms with Crippen molar-refractivity contribution in [2.75, 3.05) is 37.2 Å². The van der Waals surface area contributed by atoms with Crippen LogP contribution in [0, 0.1) is 0 Å². The average molecular weight is 385 g/mol. The first-order valence-corrected chi connectivity index (χ1v) is 11.2. The van der Waals surface area contributed by atoms with E-state index in [-0.39, 0.29) is 6.04 Å². The molecule has 3 heterocycles. The normalized spacial score (nSPS) is 18.0. The second-order valence-electron chi connectivity index (χ2n) is 7.04. The molecule has 0 amide bonds. The van der Waals surface area contributed by atoms with Crippen molar-refractivity contribution < 1.29 is 8.95 Å². The van der Waals surface area contributed by atoms with Gasteiger partial charge in [-0.1, -0.05) is 12.1 Å². The summed E-state index contributed by atoms with van der Waals surface area (Å²) in [5, 5.41) is 1.05. The number of nitrogens with zero attached hydrogens (tertiary/aromatic N) is 4. The van der Waals surface area contributed by atoms with Crippen LogP contribution in [0.2, 0.25) is 0 Å². The van der Waals surface area contributed by atoms with E-state index < -0.39 is 9.73 Å². The smallest absolute Gasteiger partial charge is 0.167 e. The molecule has 142 valence electrons. The van der Waals surface area contributed by atoms with Crippen molar-refractivity contribution in [3.63, 3.8) is 0 Å². The molecule has 1 aliphatic heterocycles. The third kappa shape index (κ3) is 3.81. The predicted octanol–water partition coefficient (Wildman–Crippen LogP) is 3.21. The Kier molecular flexibility index (Phi) is 4.61. The molecule has 0 saturated carbocycles. The zero-order valence-electron chi connectivity index (χ0n) is 15.7. The molecule has 4 rings (SSSR count). The van der Waals surface area contributed by atoms with Gasteiger partial charge in [-0.15, -0.1) is 0 Å². The van der Waals surface area contributed by atoms with Gasteiger partial charge >= 0.3 is 0 Å². The summed E-state index contributed by atoms with van der Waals surface area (Å²) in [5.74, 6) is 1.81. The van der Waals surface area contributed by atoms with Gasteiger partial charge in [0, 0.05) is 57.5 Å². The van der Waals surface area contributed by atoms with Crippen LogP contribution >= 0.6 is 0 Å². The Hall–Kier alpha value is -2.45. The van der Waals surface area contributed by atoms with Crippen molar-refractivity contribution in [1.29, 1.82) is 0 Å². The number of anilines is 1. The third-order valence-electron chi connectivity index (χ3n) is 4.51. The highest BCUT2D eigenvalue weighted by Gasteiger charge is 2.22. The van der Waals surface area contributed by atoms with Crippen LogP contribution in [-0.2, 0) is 14.5 Å². The minimum Gasteiger partial charge on any atom is -0.377 e. The van der Waals surface area contributed by atoms with Crippen LogP contribution in [0.3, 0.4) is 0 Å². The van der Waals surface area contributed by atoms with Gasteiger partial charge < -0.3 is 14.6 Å². The van der Waals surface area contributed by atoms with Crippen LogP contribution in [0.25, 0.3) is 22.3 Å². The molecule has 1 saturated heterocycles. The Labute approximate surface area is 159 Å². The monoisotopic (exact) mass is 385 g/mol. The van der Waals surface area contributed by atoms with Crippen LogP contribution in [0.15, 0.2) is 40.9 Å². The fourth-order valence-corrected chi connectivity index (χ4v) is 3.85. The predicted molar refractivity (Wildman–Crippen MR) is 109 cm³/mol. The van der Waals surface area contributed by atoms with Gasteiger partial charge in [0.25, 0.3) is 0 Å². The summed E-state index contributed by atoms with van der Waals surface area (Å²) in [7, 11) is -2.33. The molecule has 1 aliphatic rings. The Morgan fingerprint density at radius 2 is 2.15 bits per heavy atom. The molecule has 8 heteroatoms. The van der Waals surface area contributed by atoms with Crippen molar-refractivity contribution in [3.05, 3.63) is 36.5 Å². The summed E-state index contributed by atoms with van der Waals surface area (Å²) in [6, 6.07) is 10.0. The standard InChI is InChI=1S/C19H23N5O2S/c1-13-12-26-10-9-24(13)18-11-17(23-27(2,3)25)21-19(22-18)15-5-4-6-16-14(15)7-8-20-16/h4-8,11,13,20H,9-10,12H2,1-3H3/t13-/m1/s1. The van der Waals surface area contributed by atoms with E-state index in [4.69, 9.17) is 9.72 Å². The molecule has 1 N–H and O–H groups in total. The minimum absolute atomic E-state index is 0.199. The Morgan fingerprint density at radius 1 is 1.30 bits per heavy atom. The number of H-pyrrole nitrogens is 1. The second kappa shape index (κ2) is 6.94. The number of ether oxygens (including phenoxy) is 1. The van der Waals surface area contributed by atoms with Gasteiger partial charge in [-0.3, -0.25) is 0 Å². The number of fused-ring (bicyclic) bond motifs is 1. The van der Waals surface area contributed by atoms with Crippen molar-refractivity contribution in [1.82, 2.24) is 15.0 Å². The van der Waals surface area contributed by atoms with E-state index >= 15 is 0 Å². The van der Waals surface area contributed by atoms with E-state index in [0.29, 0.717) is 24.9 Å². The van der Waals surface area contributed by atoms with Crippen LogP contribution < -0.4 is 4.90 Å². The Bertz CT molecular complexity index is 1090. The van der Waals surface area contributed by atoms with Crippen molar-refractivity contribution in [2.45, 2.75) is 13.0 Å². The summed E-state index contributed by atoms with van der Waals surface area (Å²) >= 11 is 0. The van der Waals surface area contributed by atoms with Crippen LogP contribution in [-0.4, -0.2) is 57.5 Å². The number of morpholine rings is 1. The van der Waals surface area contributed by atoms with Gasteiger partial charge in [0.05, 0.1) is 19.3 Å². The quantitative estimate of drug-likeness (QED) is 0.748. The molecule has 0 unspecified atom stereocenters. The number of rotatable bonds is 3. The molecule has 0 bridgehead atoms. The number of benzene rings is 1. The molecule has 27 heavy (non-hydrogen) atoms. The molecule has 3 aromatic rings. The topological polar surface area (TPSA) is 83.5 Å². The summed E-state index contributed by atoms with van der Waals surface area (Å²) in [6.45, 7) is 4.16. The van der Waals surface area contributed by atoms with E-state index in [1.165, 1.54) is 0 Å². The lowest BCUT2D eigenvalue weighted by Gasteiger charge is -2.34. The maximum atomic E-state index is 12.3. The molecule has 2 aromatic heterocycles. The molecular weight excluding hydrogens is 362 g/mol. The number of nitrogens with one attached hydrogen (secondary N) is 1. The number of hydrogen-bond acceptors (Lipinski definition) is 6. The van der Waals surface area contributed by atoms with Crippen LogP contribution in [0.4, 0.5) is 11.6 Å². The summed E-state index contributed by atoms with van der Waals surface area (Å²) < 4.78 is 22.1. The minimum atomic E-state index is -2.33. The average Bonchev–Trinajstić information content (AvgIpc) is 3.09. The molecule has 0 spiro atoms. The van der Waals surface area contributed by atoms with Gasteiger partial charge in [-0.2, -0.15) is 4.36 Å². The number of hydrogen-bond donors (Lipinski definition) is 1. The molecule has 1 fully saturated rings. The lowest BCUT2D eigenvalue weighted by atomic mass is 10.1. The van der Waals surface area contributed by atoms with Gasteiger partial charge in [-0.05, 0) is 19.1 Å². The fourth-order valence-electron chi connectivity index (χ4n) is 3.31. The first kappa shape index (κ1) is 17.9. The van der Waals surface area contributed by atoms with E-state index in [9.17, 15) is 4.21 Å². The highest BCUT2D eigenvalue weighted by atomic mass is 32.2. The van der Waals surface area contributed by atoms with E-state index in [1.54, 1.807) is 12.5 Å². The SMILES string of the molecule is C[C@@H]1COCCN1c1cc(N=S(C)(C)=O)nc(-c2cccc3[nH]ccc23)n1. The summed E-state index contributed by atoms with van der Waals surface area (Å²) in [6.07, 6.45) is 5.12. The molecular formula is C19H23N5O2S. The van der Waals surface area contributed by atoms with Gasteiger partial charge in [0.15, 0.2) is 11.6 Å². The van der Waals surface area contributed by atoms with E-state index in [0.717, 1.165) is 28.8 Å². The molecule has 1 aromatic carbocycles. The lowest BCUT2D eigenvalue weighted by molar-refractivity contribution is 0.0985. The zero-order valence-corrected chi connectivity index (χ0v) is 16.5. The highest BCUT2D eigenvalue weighted by molar-refractivity contribution is 7.92. The third-order valence-corrected chi connectivity index (χ3v) is 5.14. The largest absolute Gasteiger partial charge is 0.377 e. The van der Waals surface area contributed by atoms with Gasteiger partial charge in [0.2, 0.25) is 0 Å². The first-order valence-electron chi connectivity index (χ1n) is 8.88. The zero-order chi connectivity index (χ0) is 19.0. The first-order chi connectivity index (χ1) is 12.9. The maximum absolute atomic E-state index is 12.3. The van der Waals surface area contributed by atoms with E-state index in [1.807, 2.05) is 36.5 Å². The maximum Gasteiger partial charge on any atom is 0.167 e. The van der Waals surface area contributed by atoms with Gasteiger partial charge in [-0.25, -0.2) is 14.2 Å². The summed E-state index contributed by atoms with van der Waals surface area (Å²) in [4.78, 5) is 14.8. The second-order valence-corrected chi connectivity index (χ2v) is 9.59. The van der Waals surface area contributed by atoms with E-state index in [2.05, 4.69) is 26.2 Å². The number of aromatic nitrogens is 3. The Morgan fingerprint density at radius 3 is 2.93 bits per heavy atom. The number of aromatic amines is 1. The molecule has 0 aliphatic carbocycles. The highest BCUT2D eigenvalue weighted by Crippen LogP contribution is 2.30. The molecule has 1 atom stereocenters. The van der Waals surface area contributed by atoms with Gasteiger partial charge in [0.1, 0.15) is 5.82 Å². The summed E-state index contributed by atoms with van der Waals surface area (Å²) in [5.41, 5.74) is 1.95. The Balaban J connectivity index is 1.91. The fraction of sp³-hybridized carbons (Fsp3) is 0.368.